The van der Waals surface area contributed by atoms with Crippen molar-refractivity contribution in [1.29, 1.82) is 0 Å². The SMILES string of the molecule is CCCCCCCCS(=O)(=O)NCCC(=O)N=C1C(=C2C(=O)C(c3cc4c5c(c3NC(=O)CCNS(=O)(=O)CCCCCCCC)CCCN5CCC4)=C2O)C=C2CCCN3CCCC1=C23.CCCCOC(=O)OCCC(=O)N=C1C(=C2C(=O)C(c3cc4c5c(c3NC(=O)CCOC(=O)OCCCC)C(C)(C)CCN5CCC4(C)C)=C2O)C=C2C3=C1C(C)(C)CCN3CCC2(C)C. The number of allylic oxidation sites excluding steroid dienone is 12. The molecule has 8 heterocycles. The topological polar surface area (TPSA) is 368 Å². The summed E-state index contributed by atoms with van der Waals surface area (Å²) in [5, 5.41) is 30.9. The van der Waals surface area contributed by atoms with Crippen LogP contribution in [-0.2, 0) is 91.4 Å². The fourth-order valence-corrected chi connectivity index (χ4v) is 23.1. The summed E-state index contributed by atoms with van der Waals surface area (Å²) in [6, 6.07) is 3.89. The lowest BCUT2D eigenvalue weighted by Gasteiger charge is -2.52. The molecule has 2 fully saturated rings. The molecule has 30 heteroatoms. The Labute approximate surface area is 781 Å². The van der Waals surface area contributed by atoms with Crippen LogP contribution < -0.4 is 29.9 Å². The summed E-state index contributed by atoms with van der Waals surface area (Å²) in [6.07, 6.45) is 25.8. The number of benzene rings is 2. The summed E-state index contributed by atoms with van der Waals surface area (Å²) in [5.41, 5.74) is 13.8. The van der Waals surface area contributed by atoms with Gasteiger partial charge in [-0.1, -0.05) is 160 Å². The Morgan fingerprint density at radius 2 is 0.909 bits per heavy atom. The van der Waals surface area contributed by atoms with E-state index in [1.165, 1.54) is 0 Å². The zero-order chi connectivity index (χ0) is 94.8. The summed E-state index contributed by atoms with van der Waals surface area (Å²) in [6.45, 7) is 32.2. The van der Waals surface area contributed by atoms with Crippen molar-refractivity contribution in [2.75, 3.05) is 124 Å². The number of rotatable bonds is 38. The van der Waals surface area contributed by atoms with Crippen LogP contribution in [0.2, 0.25) is 0 Å². The quantitative estimate of drug-likeness (QED) is 0.0207. The molecule has 720 valence electrons. The van der Waals surface area contributed by atoms with Crippen molar-refractivity contribution in [3.63, 3.8) is 0 Å². The minimum absolute atomic E-state index is 0.00401. The first-order valence-corrected chi connectivity index (χ1v) is 52.4. The van der Waals surface area contributed by atoms with Gasteiger partial charge in [0.2, 0.25) is 55.2 Å². The number of aliphatic hydroxyl groups is 2. The number of ether oxygens (including phenoxy) is 4. The number of anilines is 4. The van der Waals surface area contributed by atoms with Crippen LogP contribution in [0.25, 0.3) is 11.1 Å². The molecule has 6 N–H and O–H groups in total. The highest BCUT2D eigenvalue weighted by Crippen LogP contribution is 2.59. The van der Waals surface area contributed by atoms with E-state index in [9.17, 15) is 60.6 Å². The zero-order valence-electron chi connectivity index (χ0n) is 80.2. The maximum Gasteiger partial charge on any atom is 0.508 e. The first-order valence-electron chi connectivity index (χ1n) is 49.1. The van der Waals surface area contributed by atoms with E-state index < -0.39 is 78.4 Å². The molecule has 14 rings (SSSR count). The van der Waals surface area contributed by atoms with E-state index in [0.29, 0.717) is 83.6 Å². The number of carbonyl (C=O) groups is 8. The molecule has 0 spiro atoms. The van der Waals surface area contributed by atoms with Crippen LogP contribution in [0.4, 0.5) is 32.3 Å². The number of unbranched alkanes of at least 4 members (excludes halogenated alkanes) is 12. The van der Waals surface area contributed by atoms with Crippen LogP contribution >= 0.6 is 0 Å². The van der Waals surface area contributed by atoms with E-state index in [0.717, 1.165) is 261 Å². The minimum Gasteiger partial charge on any atom is -0.506 e. The first kappa shape index (κ1) is 99.9. The number of Topliss-reactive ketones (excluding diaryl/α,β-unsaturated/α-hetero) is 2. The number of nitrogens with zero attached hydrogens (tertiary/aromatic N) is 6. The average molecular weight is 1860 g/mol. The van der Waals surface area contributed by atoms with Crippen molar-refractivity contribution in [2.24, 2.45) is 20.8 Å². The number of sulfonamides is 2. The molecule has 0 radical (unpaired) electrons. The maximum absolute atomic E-state index is 15.2. The molecule has 28 nitrogen and oxygen atoms in total. The minimum atomic E-state index is -3.56. The van der Waals surface area contributed by atoms with Crippen LogP contribution in [-0.4, -0.2) is 199 Å². The largest absolute Gasteiger partial charge is 0.508 e. The number of aryl methyl sites for hydroxylation is 1. The fraction of sp³-hybridized carbons (Fsp3) is 0.627. The molecule has 0 saturated carbocycles. The van der Waals surface area contributed by atoms with Gasteiger partial charge in [-0.3, -0.25) is 28.8 Å². The Morgan fingerprint density at radius 1 is 0.447 bits per heavy atom. The second kappa shape index (κ2) is 43.0. The normalized spacial score (nSPS) is 21.3. The van der Waals surface area contributed by atoms with Crippen molar-refractivity contribution in [2.45, 2.75) is 299 Å². The highest BCUT2D eigenvalue weighted by atomic mass is 32.2. The Bertz CT molecular complexity index is 5430. The highest BCUT2D eigenvalue weighted by Gasteiger charge is 2.52. The first-order chi connectivity index (χ1) is 62.9. The van der Waals surface area contributed by atoms with E-state index in [1.807, 2.05) is 38.1 Å². The van der Waals surface area contributed by atoms with Crippen LogP contribution in [0.3, 0.4) is 0 Å². The van der Waals surface area contributed by atoms with Crippen molar-refractivity contribution >= 4 is 113 Å². The molecule has 4 amide bonds. The number of amides is 4. The van der Waals surface area contributed by atoms with Gasteiger partial charge in [0.25, 0.3) is 0 Å². The summed E-state index contributed by atoms with van der Waals surface area (Å²) < 4.78 is 76.9. The van der Waals surface area contributed by atoms with Crippen LogP contribution in [0, 0.1) is 10.8 Å². The molecular weight excluding hydrogens is 1720 g/mol. The number of aliphatic hydroxyl groups excluding tert-OH is 2. The van der Waals surface area contributed by atoms with E-state index in [4.69, 9.17) is 23.9 Å². The number of piperidine rings is 2. The molecule has 2 aromatic carbocycles. The molecule has 8 aliphatic heterocycles. The van der Waals surface area contributed by atoms with Crippen molar-refractivity contribution in [3.8, 4) is 0 Å². The molecule has 0 atom stereocenters. The van der Waals surface area contributed by atoms with E-state index in [2.05, 4.69) is 114 Å². The third-order valence-electron chi connectivity index (χ3n) is 28.4. The fourth-order valence-electron chi connectivity index (χ4n) is 20.8. The van der Waals surface area contributed by atoms with Gasteiger partial charge in [0.05, 0.1) is 82.7 Å². The third-order valence-corrected chi connectivity index (χ3v) is 31.3. The number of carbonyl (C=O) groups excluding carboxylic acids is 8. The monoisotopic (exact) mass is 1860 g/mol. The molecule has 0 unspecified atom stereocenters. The average Bonchev–Trinajstić information content (AvgIpc) is 0.694. The lowest BCUT2D eigenvalue weighted by atomic mass is 9.62. The van der Waals surface area contributed by atoms with Crippen molar-refractivity contribution in [1.82, 2.24) is 19.2 Å². The lowest BCUT2D eigenvalue weighted by molar-refractivity contribution is -0.119. The smallest absolute Gasteiger partial charge is 0.506 e. The molecule has 12 aliphatic rings. The van der Waals surface area contributed by atoms with Crippen molar-refractivity contribution in [3.05, 3.63) is 125 Å². The predicted octanol–water partition coefficient (Wildman–Crippen LogP) is 17.8. The summed E-state index contributed by atoms with van der Waals surface area (Å²) in [7, 11) is -7.12. The second-order valence-corrected chi connectivity index (χ2v) is 43.9. The summed E-state index contributed by atoms with van der Waals surface area (Å²) in [5.74, 6) is -3.18. The molecule has 2 aromatic rings. The van der Waals surface area contributed by atoms with Gasteiger partial charge >= 0.3 is 12.3 Å². The van der Waals surface area contributed by atoms with Crippen LogP contribution in [0.15, 0.2) is 102 Å². The van der Waals surface area contributed by atoms with E-state index >= 15 is 4.79 Å². The van der Waals surface area contributed by atoms with Gasteiger partial charge in [0.1, 0.15) is 24.7 Å². The number of ketones is 2. The number of hydrogen-bond acceptors (Lipinski definition) is 22. The molecule has 4 aliphatic carbocycles. The zero-order valence-corrected chi connectivity index (χ0v) is 81.8. The molecule has 132 heavy (non-hydrogen) atoms. The van der Waals surface area contributed by atoms with Gasteiger partial charge in [-0.25, -0.2) is 45.9 Å². The van der Waals surface area contributed by atoms with Gasteiger partial charge < -0.3 is 59.4 Å². The molecule has 0 aromatic heterocycles. The second-order valence-electron chi connectivity index (χ2n) is 40.1. The lowest BCUT2D eigenvalue weighted by Crippen LogP contribution is -2.48. The standard InChI is InChI=1S/C52H70N4O10.C50H72N6O8S2/c1-11-13-25-63-47(61)65-27-15-35(57)53-41-31(29-33-43-39(41)51(7,8)19-23-55(43)21-17-49(33,3)4)37-45(59)38(46(37)60)32-30-34-44-40(52(9,10)20-24-56(44)22-18-50(34,5)6)42(32)54-36(58)16-28-66-48(62)64-26-14-12-2;1-3-5-7-9-11-13-31-65(61,62)51-25-23-41(57)53-45-37-21-17-29-55-27-15-19-35(47(37)55)33-39(45)43-49(59)44(50(43)60)40-34-36-20-16-28-56-30-18-22-38(48(36)56)46(40)54-42(58)24-26-52-66(63,64)32-14-12-10-8-6-4-2/h29-30,59H,11-28H2,1-10H3,(H,53,57);33-34,51-52,59H,3-32H2,1-2H3,(H,53,57). The van der Waals surface area contributed by atoms with Gasteiger partial charge in [-0.15, -0.1) is 0 Å². The van der Waals surface area contributed by atoms with Crippen LogP contribution in [0.1, 0.15) is 309 Å². The van der Waals surface area contributed by atoms with E-state index in [-0.39, 0.29) is 121 Å². The Balaban J connectivity index is 0.000000224. The molecule has 0 bridgehead atoms. The van der Waals surface area contributed by atoms with Crippen molar-refractivity contribution < 1.29 is 84.4 Å². The van der Waals surface area contributed by atoms with Crippen LogP contribution in [0.5, 0.6) is 0 Å². The Morgan fingerprint density at radius 3 is 1.52 bits per heavy atom. The summed E-state index contributed by atoms with van der Waals surface area (Å²) >= 11 is 0. The summed E-state index contributed by atoms with van der Waals surface area (Å²) in [4.78, 5) is 128. The molecular formula is C102H142N10O18S2. The Kier molecular flexibility index (Phi) is 32.6. The molecule has 2 saturated heterocycles. The van der Waals surface area contributed by atoms with Gasteiger partial charge in [-0.05, 0) is 177 Å². The van der Waals surface area contributed by atoms with E-state index in [1.54, 1.807) is 0 Å². The third kappa shape index (κ3) is 22.5. The van der Waals surface area contributed by atoms with Gasteiger partial charge in [0.15, 0.2) is 0 Å². The number of hydrogen-bond donors (Lipinski definition) is 6. The number of aliphatic imine (C=N–C) groups is 2. The number of nitrogens with one attached hydrogen (secondary N) is 4. The predicted molar refractivity (Wildman–Crippen MR) is 516 cm³/mol. The Hall–Kier alpha value is -9.52. The van der Waals surface area contributed by atoms with Gasteiger partial charge in [-0.2, -0.15) is 0 Å². The van der Waals surface area contributed by atoms with Gasteiger partial charge in [0, 0.05) is 140 Å². The highest BCUT2D eigenvalue weighted by molar-refractivity contribution is 7.89. The maximum atomic E-state index is 15.2.